The summed E-state index contributed by atoms with van der Waals surface area (Å²) in [5.74, 6) is 0.960. The van der Waals surface area contributed by atoms with Gasteiger partial charge in [-0.2, -0.15) is 0 Å². The van der Waals surface area contributed by atoms with Gasteiger partial charge in [0.2, 0.25) is 5.78 Å². The Balaban J connectivity index is 1.48. The van der Waals surface area contributed by atoms with Crippen LogP contribution in [0.15, 0.2) is 71.8 Å². The molecule has 0 aliphatic carbocycles. The van der Waals surface area contributed by atoms with Crippen LogP contribution in [-0.2, 0) is 0 Å². The molecule has 0 spiro atoms. The van der Waals surface area contributed by atoms with Gasteiger partial charge in [0.05, 0.1) is 5.56 Å². The highest BCUT2D eigenvalue weighted by Gasteiger charge is 2.27. The number of hydrogen-bond acceptors (Lipinski definition) is 5. The summed E-state index contributed by atoms with van der Waals surface area (Å²) in [6.45, 7) is -0.0748. The number of allylic oxidation sites excluding steroid dienone is 1. The molecule has 0 atom stereocenters. The monoisotopic (exact) mass is 362 g/mol. The first kappa shape index (κ1) is 16.3. The fraction of sp³-hybridized carbons (Fsp3) is 0.0476. The van der Waals surface area contributed by atoms with Crippen LogP contribution in [0.5, 0.6) is 11.5 Å². The molecule has 1 aliphatic rings. The second-order valence-electron chi connectivity index (χ2n) is 5.69. The van der Waals surface area contributed by atoms with Gasteiger partial charge in [-0.15, -0.1) is 11.3 Å². The van der Waals surface area contributed by atoms with Crippen molar-refractivity contribution in [3.8, 4) is 11.5 Å². The van der Waals surface area contributed by atoms with Gasteiger partial charge in [-0.25, -0.2) is 0 Å². The Morgan fingerprint density at radius 2 is 1.92 bits per heavy atom. The van der Waals surface area contributed by atoms with Gasteiger partial charge in [-0.05, 0) is 23.6 Å². The number of rotatable bonds is 5. The highest BCUT2D eigenvalue weighted by atomic mass is 32.1. The average Bonchev–Trinajstić information content (AvgIpc) is 3.29. The number of thiophene rings is 1. The lowest BCUT2D eigenvalue weighted by Gasteiger charge is -2.06. The minimum absolute atomic E-state index is 0.0748. The van der Waals surface area contributed by atoms with Crippen molar-refractivity contribution in [3.05, 3.63) is 87.8 Å². The standard InChI is InChI=1S/C21H14O4S/c22-18(14-5-2-1-3-6-14)13-24-15-8-9-17-19(11-15)25-20(21(17)23)12-16-7-4-10-26-16/h1-12H,13H2/b20-12-. The van der Waals surface area contributed by atoms with Crippen LogP contribution in [0.1, 0.15) is 25.6 Å². The fourth-order valence-corrected chi connectivity index (χ4v) is 3.26. The van der Waals surface area contributed by atoms with Crippen molar-refractivity contribution in [2.45, 2.75) is 0 Å². The van der Waals surface area contributed by atoms with E-state index in [9.17, 15) is 9.59 Å². The van der Waals surface area contributed by atoms with E-state index in [2.05, 4.69) is 0 Å². The lowest BCUT2D eigenvalue weighted by Crippen LogP contribution is -2.11. The highest BCUT2D eigenvalue weighted by Crippen LogP contribution is 2.35. The van der Waals surface area contributed by atoms with E-state index in [4.69, 9.17) is 9.47 Å². The quantitative estimate of drug-likeness (QED) is 0.491. The van der Waals surface area contributed by atoms with Gasteiger partial charge in [0.15, 0.2) is 18.1 Å². The van der Waals surface area contributed by atoms with Crippen LogP contribution in [0.3, 0.4) is 0 Å². The van der Waals surface area contributed by atoms with Crippen molar-refractivity contribution in [1.82, 2.24) is 0 Å². The maximum absolute atomic E-state index is 12.4. The van der Waals surface area contributed by atoms with E-state index in [-0.39, 0.29) is 18.2 Å². The number of benzene rings is 2. The van der Waals surface area contributed by atoms with Gasteiger partial charge in [-0.1, -0.05) is 36.4 Å². The molecule has 0 saturated carbocycles. The number of fused-ring (bicyclic) bond motifs is 1. The van der Waals surface area contributed by atoms with Gasteiger partial charge in [0, 0.05) is 22.6 Å². The molecule has 3 aromatic rings. The molecule has 2 heterocycles. The van der Waals surface area contributed by atoms with Crippen LogP contribution in [0, 0.1) is 0 Å². The van der Waals surface area contributed by atoms with E-state index in [1.807, 2.05) is 35.7 Å². The molecule has 0 amide bonds. The summed E-state index contributed by atoms with van der Waals surface area (Å²) in [6, 6.07) is 17.8. The topological polar surface area (TPSA) is 52.6 Å². The minimum Gasteiger partial charge on any atom is -0.485 e. The van der Waals surface area contributed by atoms with E-state index in [0.717, 1.165) is 4.88 Å². The normalized spacial score (nSPS) is 14.2. The SMILES string of the molecule is O=C(COc1ccc2c(c1)O/C(=C\c1cccs1)C2=O)c1ccccc1. The molecular weight excluding hydrogens is 348 g/mol. The zero-order valence-corrected chi connectivity index (χ0v) is 14.5. The molecule has 0 saturated heterocycles. The Kier molecular flexibility index (Phi) is 4.37. The summed E-state index contributed by atoms with van der Waals surface area (Å²) < 4.78 is 11.2. The average molecular weight is 362 g/mol. The Labute approximate surface area is 154 Å². The van der Waals surface area contributed by atoms with Crippen molar-refractivity contribution in [2.24, 2.45) is 0 Å². The van der Waals surface area contributed by atoms with Crippen LogP contribution in [-0.4, -0.2) is 18.2 Å². The third-order valence-electron chi connectivity index (χ3n) is 3.92. The predicted octanol–water partition coefficient (Wildman–Crippen LogP) is 4.63. The number of Topliss-reactive ketones (excluding diaryl/α,β-unsaturated/α-hetero) is 2. The number of ketones is 2. The van der Waals surface area contributed by atoms with Crippen molar-refractivity contribution in [3.63, 3.8) is 0 Å². The summed E-state index contributed by atoms with van der Waals surface area (Å²) in [7, 11) is 0. The third-order valence-corrected chi connectivity index (χ3v) is 4.74. The molecule has 0 bridgehead atoms. The zero-order valence-electron chi connectivity index (χ0n) is 13.7. The minimum atomic E-state index is -0.152. The Bertz CT molecular complexity index is 988. The molecule has 128 valence electrons. The van der Waals surface area contributed by atoms with Crippen LogP contribution in [0.4, 0.5) is 0 Å². The van der Waals surface area contributed by atoms with E-state index < -0.39 is 0 Å². The largest absolute Gasteiger partial charge is 0.485 e. The van der Waals surface area contributed by atoms with Crippen molar-refractivity contribution >= 4 is 29.0 Å². The first-order chi connectivity index (χ1) is 12.7. The predicted molar refractivity (Wildman–Crippen MR) is 100.0 cm³/mol. The molecule has 5 heteroatoms. The molecule has 4 nitrogen and oxygen atoms in total. The molecule has 0 radical (unpaired) electrons. The van der Waals surface area contributed by atoms with Gasteiger partial charge in [-0.3, -0.25) is 9.59 Å². The first-order valence-corrected chi connectivity index (χ1v) is 8.91. The summed E-state index contributed by atoms with van der Waals surface area (Å²) in [5, 5.41) is 1.94. The maximum Gasteiger partial charge on any atom is 0.232 e. The van der Waals surface area contributed by atoms with Gasteiger partial charge in [0.25, 0.3) is 0 Å². The van der Waals surface area contributed by atoms with Crippen LogP contribution in [0.25, 0.3) is 6.08 Å². The molecule has 0 N–H and O–H groups in total. The molecule has 0 unspecified atom stereocenters. The van der Waals surface area contributed by atoms with Gasteiger partial charge < -0.3 is 9.47 Å². The van der Waals surface area contributed by atoms with Crippen LogP contribution < -0.4 is 9.47 Å². The molecular formula is C21H14O4S. The van der Waals surface area contributed by atoms with Gasteiger partial charge >= 0.3 is 0 Å². The lowest BCUT2D eigenvalue weighted by molar-refractivity contribution is 0.0921. The Hall–Kier alpha value is -3.18. The van der Waals surface area contributed by atoms with E-state index in [0.29, 0.717) is 28.4 Å². The van der Waals surface area contributed by atoms with Crippen LogP contribution in [0.2, 0.25) is 0 Å². The smallest absolute Gasteiger partial charge is 0.232 e. The van der Waals surface area contributed by atoms with Crippen molar-refractivity contribution in [2.75, 3.05) is 6.61 Å². The van der Waals surface area contributed by atoms with E-state index >= 15 is 0 Å². The fourth-order valence-electron chi connectivity index (χ4n) is 2.62. The summed E-state index contributed by atoms with van der Waals surface area (Å²) in [6.07, 6.45) is 1.73. The number of carbonyl (C=O) groups excluding carboxylic acids is 2. The molecule has 26 heavy (non-hydrogen) atoms. The second kappa shape index (κ2) is 6.98. The third kappa shape index (κ3) is 3.30. The van der Waals surface area contributed by atoms with Gasteiger partial charge in [0.1, 0.15) is 11.5 Å². The molecule has 1 aliphatic heterocycles. The summed E-state index contributed by atoms with van der Waals surface area (Å²) in [5.41, 5.74) is 1.09. The molecule has 4 rings (SSSR count). The van der Waals surface area contributed by atoms with Crippen molar-refractivity contribution < 1.29 is 19.1 Å². The Morgan fingerprint density at radius 3 is 2.69 bits per heavy atom. The number of carbonyl (C=O) groups is 2. The first-order valence-electron chi connectivity index (χ1n) is 8.03. The molecule has 1 aromatic heterocycles. The lowest BCUT2D eigenvalue weighted by atomic mass is 10.1. The summed E-state index contributed by atoms with van der Waals surface area (Å²) in [4.78, 5) is 25.5. The van der Waals surface area contributed by atoms with E-state index in [1.165, 1.54) is 11.3 Å². The second-order valence-corrected chi connectivity index (χ2v) is 6.67. The van der Waals surface area contributed by atoms with Crippen molar-refractivity contribution in [1.29, 1.82) is 0 Å². The Morgan fingerprint density at radius 1 is 1.08 bits per heavy atom. The maximum atomic E-state index is 12.4. The van der Waals surface area contributed by atoms with Crippen LogP contribution >= 0.6 is 11.3 Å². The van der Waals surface area contributed by atoms with E-state index in [1.54, 1.807) is 36.4 Å². The number of hydrogen-bond donors (Lipinski definition) is 0. The highest BCUT2D eigenvalue weighted by molar-refractivity contribution is 7.10. The molecule has 0 fully saturated rings. The zero-order chi connectivity index (χ0) is 17.9. The number of ether oxygens (including phenoxy) is 2. The molecule has 2 aromatic carbocycles. The summed E-state index contributed by atoms with van der Waals surface area (Å²) >= 11 is 1.53.